The van der Waals surface area contributed by atoms with Crippen LogP contribution >= 0.6 is 0 Å². The number of urea groups is 1. The molecule has 1 fully saturated rings. The van der Waals surface area contributed by atoms with Crippen molar-refractivity contribution in [3.8, 4) is 11.5 Å². The van der Waals surface area contributed by atoms with Crippen molar-refractivity contribution in [1.29, 1.82) is 0 Å². The van der Waals surface area contributed by atoms with Crippen molar-refractivity contribution < 1.29 is 14.3 Å². The first-order valence-electron chi connectivity index (χ1n) is 9.09. The van der Waals surface area contributed by atoms with E-state index in [1.54, 1.807) is 14.2 Å². The monoisotopic (exact) mass is 349 g/mol. The van der Waals surface area contributed by atoms with Gasteiger partial charge in [0.1, 0.15) is 0 Å². The predicted octanol–water partition coefficient (Wildman–Crippen LogP) is 2.94. The highest BCUT2D eigenvalue weighted by Gasteiger charge is 2.25. The molecular formula is C19H31N3O3. The van der Waals surface area contributed by atoms with E-state index >= 15 is 0 Å². The van der Waals surface area contributed by atoms with Crippen LogP contribution in [-0.2, 0) is 0 Å². The van der Waals surface area contributed by atoms with Crippen LogP contribution in [0.25, 0.3) is 0 Å². The molecular weight excluding hydrogens is 318 g/mol. The molecule has 0 aliphatic carbocycles. The summed E-state index contributed by atoms with van der Waals surface area (Å²) >= 11 is 0. The number of nitrogens with zero attached hydrogens (tertiary/aromatic N) is 1. The number of likely N-dealkylation sites (tertiary alicyclic amines) is 1. The smallest absolute Gasteiger partial charge is 0.315 e. The predicted molar refractivity (Wildman–Crippen MR) is 99.4 cm³/mol. The summed E-state index contributed by atoms with van der Waals surface area (Å²) in [7, 11) is 3.28. The first kappa shape index (κ1) is 19.4. The van der Waals surface area contributed by atoms with E-state index in [4.69, 9.17) is 9.47 Å². The van der Waals surface area contributed by atoms with Crippen LogP contribution in [0.15, 0.2) is 18.2 Å². The number of rotatable bonds is 8. The van der Waals surface area contributed by atoms with Gasteiger partial charge in [-0.25, -0.2) is 4.79 Å². The Hall–Kier alpha value is -1.95. The second-order valence-electron chi connectivity index (χ2n) is 6.54. The highest BCUT2D eigenvalue weighted by atomic mass is 16.5. The van der Waals surface area contributed by atoms with E-state index < -0.39 is 0 Å². The molecule has 2 N–H and O–H groups in total. The molecule has 0 radical (unpaired) electrons. The zero-order valence-corrected chi connectivity index (χ0v) is 15.8. The van der Waals surface area contributed by atoms with Crippen molar-refractivity contribution >= 4 is 6.03 Å². The molecule has 140 valence electrons. The maximum atomic E-state index is 12.1. The Bertz CT molecular complexity index is 559. The molecule has 2 unspecified atom stereocenters. The third kappa shape index (κ3) is 5.26. The number of ether oxygens (including phenoxy) is 2. The summed E-state index contributed by atoms with van der Waals surface area (Å²) in [6, 6.07) is 6.18. The highest BCUT2D eigenvalue weighted by Crippen LogP contribution is 2.33. The summed E-state index contributed by atoms with van der Waals surface area (Å²) in [5.74, 6) is 1.43. The number of carbonyl (C=O) groups is 1. The van der Waals surface area contributed by atoms with Crippen LogP contribution in [0.2, 0.25) is 0 Å². The topological polar surface area (TPSA) is 62.8 Å². The molecule has 0 bridgehead atoms. The molecule has 1 aliphatic rings. The van der Waals surface area contributed by atoms with Crippen molar-refractivity contribution in [1.82, 2.24) is 15.5 Å². The van der Waals surface area contributed by atoms with Crippen LogP contribution < -0.4 is 20.1 Å². The Labute approximate surface area is 150 Å². The second kappa shape index (κ2) is 9.51. The van der Waals surface area contributed by atoms with Gasteiger partial charge >= 0.3 is 6.03 Å². The summed E-state index contributed by atoms with van der Waals surface area (Å²) < 4.78 is 10.8. The fourth-order valence-corrected chi connectivity index (χ4v) is 3.14. The number of hydrogen-bond acceptors (Lipinski definition) is 4. The second-order valence-corrected chi connectivity index (χ2v) is 6.54. The van der Waals surface area contributed by atoms with Crippen molar-refractivity contribution in [2.75, 3.05) is 33.9 Å². The summed E-state index contributed by atoms with van der Waals surface area (Å²) in [4.78, 5) is 14.5. The summed E-state index contributed by atoms with van der Waals surface area (Å²) in [5, 5.41) is 5.98. The third-order valence-corrected chi connectivity index (χ3v) is 4.82. The normalized spacial score (nSPS) is 17.0. The molecule has 25 heavy (non-hydrogen) atoms. The molecule has 0 spiro atoms. The molecule has 0 aromatic heterocycles. The SMILES string of the molecule is CCC(C)NC(=O)NCC(c1ccc(OC)c(OC)c1)N1CCCC1. The number of methoxy groups -OCH3 is 2. The van der Waals surface area contributed by atoms with Crippen molar-refractivity contribution in [3.63, 3.8) is 0 Å². The standard InChI is InChI=1S/C19H31N3O3/c1-5-14(2)21-19(23)20-13-16(22-10-6-7-11-22)15-8-9-17(24-3)18(12-15)25-4/h8-9,12,14,16H,5-7,10-11,13H2,1-4H3,(H2,20,21,23). The average molecular weight is 349 g/mol. The van der Waals surface area contributed by atoms with Gasteiger partial charge in [-0.2, -0.15) is 0 Å². The van der Waals surface area contributed by atoms with Gasteiger partial charge < -0.3 is 20.1 Å². The Balaban J connectivity index is 2.12. The van der Waals surface area contributed by atoms with Gasteiger partial charge in [-0.3, -0.25) is 4.90 Å². The quantitative estimate of drug-likeness (QED) is 0.757. The molecule has 2 atom stereocenters. The van der Waals surface area contributed by atoms with Crippen molar-refractivity contribution in [2.45, 2.75) is 45.2 Å². The maximum Gasteiger partial charge on any atom is 0.315 e. The van der Waals surface area contributed by atoms with Crippen LogP contribution in [-0.4, -0.2) is 50.8 Å². The largest absolute Gasteiger partial charge is 0.493 e. The van der Waals surface area contributed by atoms with E-state index in [2.05, 4.69) is 28.5 Å². The number of benzene rings is 1. The van der Waals surface area contributed by atoms with Gasteiger partial charge in [-0.1, -0.05) is 13.0 Å². The zero-order chi connectivity index (χ0) is 18.2. The van der Waals surface area contributed by atoms with E-state index in [9.17, 15) is 4.79 Å². The van der Waals surface area contributed by atoms with Crippen LogP contribution in [0.1, 0.15) is 44.7 Å². The molecule has 2 amide bonds. The first-order valence-corrected chi connectivity index (χ1v) is 9.09. The minimum Gasteiger partial charge on any atom is -0.493 e. The number of carbonyl (C=O) groups excluding carboxylic acids is 1. The fourth-order valence-electron chi connectivity index (χ4n) is 3.14. The molecule has 1 aromatic carbocycles. The van der Waals surface area contributed by atoms with Gasteiger partial charge in [0.15, 0.2) is 11.5 Å². The highest BCUT2D eigenvalue weighted by molar-refractivity contribution is 5.74. The van der Waals surface area contributed by atoms with Crippen LogP contribution in [0.4, 0.5) is 4.79 Å². The molecule has 1 saturated heterocycles. The Morgan fingerprint density at radius 2 is 1.88 bits per heavy atom. The minimum absolute atomic E-state index is 0.112. The summed E-state index contributed by atoms with van der Waals surface area (Å²) in [6.45, 7) is 6.73. The van der Waals surface area contributed by atoms with Gasteiger partial charge in [0, 0.05) is 12.6 Å². The fraction of sp³-hybridized carbons (Fsp3) is 0.632. The lowest BCUT2D eigenvalue weighted by atomic mass is 10.0. The molecule has 2 rings (SSSR count). The lowest BCUT2D eigenvalue weighted by Gasteiger charge is -2.29. The molecule has 0 saturated carbocycles. The molecule has 1 aromatic rings. The number of amides is 2. The molecule has 1 heterocycles. The maximum absolute atomic E-state index is 12.1. The Kier molecular flexibility index (Phi) is 7.37. The van der Waals surface area contributed by atoms with Crippen LogP contribution in [0, 0.1) is 0 Å². The molecule has 6 nitrogen and oxygen atoms in total. The van der Waals surface area contributed by atoms with E-state index in [0.29, 0.717) is 18.0 Å². The van der Waals surface area contributed by atoms with Crippen molar-refractivity contribution in [3.05, 3.63) is 23.8 Å². The van der Waals surface area contributed by atoms with Gasteiger partial charge in [0.2, 0.25) is 0 Å². The van der Waals surface area contributed by atoms with Crippen LogP contribution in [0.3, 0.4) is 0 Å². The van der Waals surface area contributed by atoms with E-state index in [-0.39, 0.29) is 18.1 Å². The van der Waals surface area contributed by atoms with Gasteiger partial charge in [0.25, 0.3) is 0 Å². The van der Waals surface area contributed by atoms with Crippen LogP contribution in [0.5, 0.6) is 11.5 Å². The number of hydrogen-bond donors (Lipinski definition) is 2. The Morgan fingerprint density at radius 3 is 2.48 bits per heavy atom. The summed E-state index contributed by atoms with van der Waals surface area (Å²) in [5.41, 5.74) is 1.13. The molecule has 6 heteroatoms. The summed E-state index contributed by atoms with van der Waals surface area (Å²) in [6.07, 6.45) is 3.31. The van der Waals surface area contributed by atoms with E-state index in [1.807, 2.05) is 19.1 Å². The first-order chi connectivity index (χ1) is 12.1. The Morgan fingerprint density at radius 1 is 1.20 bits per heavy atom. The van der Waals surface area contributed by atoms with E-state index in [1.165, 1.54) is 12.8 Å². The van der Waals surface area contributed by atoms with Gasteiger partial charge in [-0.05, 0) is 57.0 Å². The minimum atomic E-state index is -0.112. The zero-order valence-electron chi connectivity index (χ0n) is 15.8. The van der Waals surface area contributed by atoms with Gasteiger partial charge in [0.05, 0.1) is 20.3 Å². The molecule has 1 aliphatic heterocycles. The average Bonchev–Trinajstić information content (AvgIpc) is 3.15. The lowest BCUT2D eigenvalue weighted by Crippen LogP contribution is -2.44. The van der Waals surface area contributed by atoms with E-state index in [0.717, 1.165) is 25.1 Å². The van der Waals surface area contributed by atoms with Crippen molar-refractivity contribution in [2.24, 2.45) is 0 Å². The lowest BCUT2D eigenvalue weighted by molar-refractivity contribution is 0.218. The third-order valence-electron chi connectivity index (χ3n) is 4.82. The number of nitrogens with one attached hydrogen (secondary N) is 2. The van der Waals surface area contributed by atoms with Gasteiger partial charge in [-0.15, -0.1) is 0 Å².